The Morgan fingerprint density at radius 3 is 0.804 bits per heavy atom. The largest absolute Gasteiger partial charge is 0.310 e. The molecule has 0 radical (unpaired) electrons. The minimum absolute atomic E-state index is 0.0936. The van der Waals surface area contributed by atoms with Crippen LogP contribution in [0.2, 0.25) is 0 Å². The molecule has 0 fully saturated rings. The van der Waals surface area contributed by atoms with Gasteiger partial charge in [0.25, 0.3) is 0 Å². The second-order valence-corrected chi connectivity index (χ2v) is 35.7. The summed E-state index contributed by atoms with van der Waals surface area (Å²) in [5.74, 6) is 0. The van der Waals surface area contributed by atoms with Crippen LogP contribution in [-0.2, 0) is 5.41 Å². The van der Waals surface area contributed by atoms with Crippen LogP contribution in [0.1, 0.15) is 25.0 Å². The number of rotatable bonds is 17. The number of anilines is 9. The molecule has 3 heterocycles. The molecule has 652 valence electrons. The van der Waals surface area contributed by atoms with Crippen molar-refractivity contribution in [1.82, 2.24) is 15.0 Å². The first kappa shape index (κ1) is 84.3. The molecule has 0 saturated heterocycles. The topological polar surface area (TPSA) is 48.4 Å². The van der Waals surface area contributed by atoms with Crippen molar-refractivity contribution in [2.75, 3.05) is 14.7 Å². The molecule has 3 aromatic heterocycles. The highest BCUT2D eigenvalue weighted by atomic mass is 15.2. The first-order valence-electron chi connectivity index (χ1n) is 47.2. The second kappa shape index (κ2) is 37.2. The fraction of sp³-hybridized carbons (Fsp3) is 0.0227. The SMILES string of the molecule is CC1(C)c2ccccc2-c2ccc(N(c3ccc(-c4ccccc4)cc3)c3cccc(-c4cccc5ccc6cccnc6c45)c3)cc21.c1ccc(-c2ccc(N(c3ccc(-c4ccccc4)cc3)c3cccc(-c4cccc5ccc6cccnc6c45)c3)cc2)cc1.c1ccc(-c2ccc(N(c3cccc(-c4cccc5ccc6cccnc6c45)c3)c3ccccc3-c3ccccc3)cc2)cc1. The lowest BCUT2D eigenvalue weighted by Crippen LogP contribution is -2.16. The molecule has 138 heavy (non-hydrogen) atoms. The van der Waals surface area contributed by atoms with Gasteiger partial charge < -0.3 is 14.7 Å². The van der Waals surface area contributed by atoms with Gasteiger partial charge in [0.15, 0.2) is 0 Å². The van der Waals surface area contributed by atoms with Crippen molar-refractivity contribution in [3.05, 3.63) is 545 Å². The number of para-hydroxylation sites is 1. The zero-order valence-electron chi connectivity index (χ0n) is 76.5. The first-order chi connectivity index (χ1) is 68.2. The summed E-state index contributed by atoms with van der Waals surface area (Å²) in [7, 11) is 0. The van der Waals surface area contributed by atoms with Crippen LogP contribution in [0.5, 0.6) is 0 Å². The van der Waals surface area contributed by atoms with Crippen molar-refractivity contribution < 1.29 is 0 Å². The summed E-state index contributed by atoms with van der Waals surface area (Å²) < 4.78 is 0. The molecule has 0 bridgehead atoms. The van der Waals surface area contributed by atoms with Crippen LogP contribution in [-0.4, -0.2) is 15.0 Å². The van der Waals surface area contributed by atoms with Crippen LogP contribution in [0.3, 0.4) is 0 Å². The van der Waals surface area contributed by atoms with E-state index in [9.17, 15) is 0 Å². The Labute approximate surface area is 805 Å². The highest BCUT2D eigenvalue weighted by Crippen LogP contribution is 2.53. The van der Waals surface area contributed by atoms with E-state index in [0.717, 1.165) is 101 Å². The van der Waals surface area contributed by atoms with E-state index in [2.05, 4.69) is 526 Å². The van der Waals surface area contributed by atoms with Crippen molar-refractivity contribution in [3.8, 4) is 100 Å². The van der Waals surface area contributed by atoms with Crippen LogP contribution in [0.25, 0.3) is 165 Å². The van der Waals surface area contributed by atoms with E-state index < -0.39 is 0 Å². The Balaban J connectivity index is 0.000000116. The van der Waals surface area contributed by atoms with Gasteiger partial charge in [0, 0.05) is 107 Å². The molecule has 0 aliphatic heterocycles. The monoisotopic (exact) mass is 1760 g/mol. The van der Waals surface area contributed by atoms with E-state index in [0.29, 0.717) is 0 Å². The van der Waals surface area contributed by atoms with Gasteiger partial charge in [0.1, 0.15) is 0 Å². The smallest absolute Gasteiger partial charge is 0.0786 e. The van der Waals surface area contributed by atoms with Crippen LogP contribution >= 0.6 is 0 Å². The number of fused-ring (bicyclic) bond motifs is 12. The van der Waals surface area contributed by atoms with Crippen LogP contribution < -0.4 is 14.7 Å². The van der Waals surface area contributed by atoms with Gasteiger partial charge in [-0.05, 0) is 243 Å². The lowest BCUT2D eigenvalue weighted by atomic mass is 9.82. The predicted octanol–water partition coefficient (Wildman–Crippen LogP) is 36.2. The standard InChI is InChI=1S/C46H34N2.2C43H30N2/c1-46(2)42-19-7-6-17-40(42)41-27-26-38(30-43(41)46)48(36-24-22-32(23-25-36)31-11-4-3-5-12-31)37-16-8-14-35(29-37)39-18-9-13-33-20-21-34-15-10-28-47-45(34)44(33)39;1-3-10-31(11-4-1)33-21-25-38(26-22-33)45(39-27-23-34(24-28-39)32-12-5-2-6-13-32)40-17-7-15-37(30-40)41-18-8-14-35-19-20-36-16-9-29-44-43(36)42(35)41;1-3-12-31(13-4-1)32-25-27-37(28-26-32)45(41-22-8-7-20-39(41)33-14-5-2-6-15-33)38-19-9-17-36(30-38)40-21-10-16-34-23-24-35-18-11-29-44-43(35)42(34)40/h3-30H,1-2H3;2*1-30H. The van der Waals surface area contributed by atoms with Gasteiger partial charge in [0.2, 0.25) is 0 Å². The number of aromatic nitrogens is 3. The van der Waals surface area contributed by atoms with E-state index in [1.807, 2.05) is 36.8 Å². The van der Waals surface area contributed by atoms with Crippen molar-refractivity contribution in [1.29, 1.82) is 0 Å². The van der Waals surface area contributed by atoms with Crippen LogP contribution in [0.15, 0.2) is 534 Å². The van der Waals surface area contributed by atoms with E-state index in [4.69, 9.17) is 15.0 Å². The normalized spacial score (nSPS) is 11.8. The summed E-state index contributed by atoms with van der Waals surface area (Å²) in [5, 5.41) is 10.5. The summed E-state index contributed by atoms with van der Waals surface area (Å²) in [6.45, 7) is 4.69. The molecule has 1 aliphatic rings. The summed E-state index contributed by atoms with van der Waals surface area (Å²) in [5.41, 5.74) is 37.4. The Morgan fingerprint density at radius 2 is 0.420 bits per heavy atom. The third kappa shape index (κ3) is 16.5. The zero-order chi connectivity index (χ0) is 92.3. The summed E-state index contributed by atoms with van der Waals surface area (Å²) in [6, 6.07) is 185. The number of benzene rings is 21. The van der Waals surface area contributed by atoms with Crippen molar-refractivity contribution in [3.63, 3.8) is 0 Å². The Bertz CT molecular complexity index is 8480. The van der Waals surface area contributed by atoms with E-state index in [-0.39, 0.29) is 5.41 Å². The van der Waals surface area contributed by atoms with Crippen molar-refractivity contribution in [2.45, 2.75) is 19.3 Å². The third-order valence-electron chi connectivity index (χ3n) is 27.1. The minimum atomic E-state index is -0.0936. The van der Waals surface area contributed by atoms with Crippen molar-refractivity contribution in [2.24, 2.45) is 0 Å². The fourth-order valence-corrected chi connectivity index (χ4v) is 20.3. The van der Waals surface area contributed by atoms with Gasteiger partial charge in [-0.1, -0.05) is 408 Å². The van der Waals surface area contributed by atoms with Crippen molar-refractivity contribution >= 4 is 116 Å². The molecule has 0 amide bonds. The van der Waals surface area contributed by atoms with Gasteiger partial charge in [0.05, 0.1) is 22.2 Å². The highest BCUT2D eigenvalue weighted by Gasteiger charge is 2.36. The van der Waals surface area contributed by atoms with E-state index in [1.165, 1.54) is 127 Å². The Kier molecular flexibility index (Phi) is 22.7. The highest BCUT2D eigenvalue weighted by molar-refractivity contribution is 6.16. The quantitative estimate of drug-likeness (QED) is 0.0847. The van der Waals surface area contributed by atoms with Gasteiger partial charge in [-0.25, -0.2) is 0 Å². The van der Waals surface area contributed by atoms with Gasteiger partial charge in [-0.15, -0.1) is 0 Å². The van der Waals surface area contributed by atoms with Crippen LogP contribution in [0.4, 0.5) is 51.2 Å². The molecule has 6 heteroatoms. The molecule has 0 atom stereocenters. The maximum atomic E-state index is 4.83. The molecule has 25 rings (SSSR count). The lowest BCUT2D eigenvalue weighted by molar-refractivity contribution is 0.660. The van der Waals surface area contributed by atoms with Gasteiger partial charge in [-0.2, -0.15) is 0 Å². The third-order valence-corrected chi connectivity index (χ3v) is 27.1. The zero-order valence-corrected chi connectivity index (χ0v) is 76.5. The fourth-order valence-electron chi connectivity index (χ4n) is 20.3. The van der Waals surface area contributed by atoms with E-state index in [1.54, 1.807) is 0 Å². The van der Waals surface area contributed by atoms with Crippen LogP contribution in [0, 0.1) is 0 Å². The summed E-state index contributed by atoms with van der Waals surface area (Å²) in [6.07, 6.45) is 5.66. The molecule has 0 saturated carbocycles. The summed E-state index contributed by atoms with van der Waals surface area (Å²) in [4.78, 5) is 21.6. The average molecular weight is 1760 g/mol. The maximum absolute atomic E-state index is 4.83. The molecule has 0 unspecified atom stereocenters. The number of nitrogens with zero attached hydrogens (tertiary/aromatic N) is 6. The molecule has 21 aromatic carbocycles. The maximum Gasteiger partial charge on any atom is 0.0786 e. The second-order valence-electron chi connectivity index (χ2n) is 35.7. The average Bonchev–Trinajstić information content (AvgIpc) is 1.58. The Morgan fingerprint density at radius 1 is 0.159 bits per heavy atom. The molecular weight excluding hydrogens is 1670 g/mol. The molecule has 6 nitrogen and oxygen atoms in total. The van der Waals surface area contributed by atoms with Gasteiger partial charge >= 0.3 is 0 Å². The lowest BCUT2D eigenvalue weighted by Gasteiger charge is -2.28. The number of hydrogen-bond acceptors (Lipinski definition) is 6. The molecule has 1 aliphatic carbocycles. The number of hydrogen-bond donors (Lipinski definition) is 0. The predicted molar refractivity (Wildman–Crippen MR) is 583 cm³/mol. The molecular formula is C132H94N6. The number of pyridine rings is 3. The first-order valence-corrected chi connectivity index (χ1v) is 47.2. The summed E-state index contributed by atoms with van der Waals surface area (Å²) >= 11 is 0. The molecule has 24 aromatic rings. The van der Waals surface area contributed by atoms with E-state index >= 15 is 0 Å². The Hall–Kier alpha value is -18.0. The minimum Gasteiger partial charge on any atom is -0.310 e. The van der Waals surface area contributed by atoms with Gasteiger partial charge in [-0.3, -0.25) is 15.0 Å². The molecule has 0 N–H and O–H groups in total. The molecule has 0 spiro atoms.